The molecule has 98 valence electrons. The molecule has 0 aromatic rings. The van der Waals surface area contributed by atoms with Gasteiger partial charge in [0.15, 0.2) is 0 Å². The molecule has 0 radical (unpaired) electrons. The molecule has 0 aliphatic rings. The highest BCUT2D eigenvalue weighted by Gasteiger charge is 2.24. The zero-order chi connectivity index (χ0) is 13.5. The first-order valence-electron chi connectivity index (χ1n) is 5.89. The molecule has 4 nitrogen and oxygen atoms in total. The molecule has 2 N–H and O–H groups in total. The Morgan fingerprint density at radius 1 is 1.35 bits per heavy atom. The summed E-state index contributed by atoms with van der Waals surface area (Å²) in [5, 5.41) is 11.4. The van der Waals surface area contributed by atoms with Crippen LogP contribution in [0.5, 0.6) is 0 Å². The summed E-state index contributed by atoms with van der Waals surface area (Å²) < 4.78 is 0. The van der Waals surface area contributed by atoms with Gasteiger partial charge in [-0.05, 0) is 30.3 Å². The maximum atomic E-state index is 11.0. The Kier molecular flexibility index (Phi) is 6.54. The number of rotatable bonds is 7. The number of hydrogen-bond donors (Lipinski definition) is 2. The second-order valence-corrected chi connectivity index (χ2v) is 5.28. The minimum absolute atomic E-state index is 0.0500. The molecule has 1 atom stereocenters. The van der Waals surface area contributed by atoms with Crippen LogP contribution in [-0.2, 0) is 9.59 Å². The van der Waals surface area contributed by atoms with Crippen LogP contribution >= 0.6 is 0 Å². The maximum absolute atomic E-state index is 11.0. The molecule has 0 spiro atoms. The van der Waals surface area contributed by atoms with Crippen molar-refractivity contribution in [2.24, 2.45) is 11.3 Å². The molecular formula is C13H23NO3. The van der Waals surface area contributed by atoms with Gasteiger partial charge in [0.1, 0.15) is 0 Å². The monoisotopic (exact) mass is 241 g/mol. The number of hydrogen-bond acceptors (Lipinski definition) is 2. The Bertz CT molecular complexity index is 279. The van der Waals surface area contributed by atoms with Crippen molar-refractivity contribution in [3.8, 4) is 0 Å². The van der Waals surface area contributed by atoms with Crippen LogP contribution in [0.3, 0.4) is 0 Å². The van der Waals surface area contributed by atoms with Crippen molar-refractivity contribution >= 4 is 11.9 Å². The van der Waals surface area contributed by atoms with E-state index < -0.39 is 5.97 Å². The van der Waals surface area contributed by atoms with E-state index in [1.165, 1.54) is 6.08 Å². The molecule has 0 fully saturated rings. The molecule has 0 saturated carbocycles. The minimum atomic E-state index is -0.769. The average Bonchev–Trinajstić information content (AvgIpc) is 2.20. The van der Waals surface area contributed by atoms with Crippen molar-refractivity contribution in [2.75, 3.05) is 6.54 Å². The van der Waals surface area contributed by atoms with Gasteiger partial charge in [-0.1, -0.05) is 27.4 Å². The smallest absolute Gasteiger partial charge is 0.303 e. The highest BCUT2D eigenvalue weighted by atomic mass is 16.4. The Balaban J connectivity index is 4.16. The maximum Gasteiger partial charge on any atom is 0.303 e. The SMILES string of the molecule is C=CC(=O)NCCC(CCC(=O)O)C(C)(C)C. The van der Waals surface area contributed by atoms with Crippen LogP contribution in [0.1, 0.15) is 40.0 Å². The second kappa shape index (κ2) is 7.09. The lowest BCUT2D eigenvalue weighted by Crippen LogP contribution is -2.28. The van der Waals surface area contributed by atoms with Gasteiger partial charge in [-0.15, -0.1) is 0 Å². The molecule has 17 heavy (non-hydrogen) atoms. The van der Waals surface area contributed by atoms with E-state index >= 15 is 0 Å². The third kappa shape index (κ3) is 7.55. The van der Waals surface area contributed by atoms with Crippen molar-refractivity contribution < 1.29 is 14.7 Å². The fourth-order valence-electron chi connectivity index (χ4n) is 1.75. The number of carbonyl (C=O) groups is 2. The van der Waals surface area contributed by atoms with E-state index in [9.17, 15) is 9.59 Å². The van der Waals surface area contributed by atoms with Crippen molar-refractivity contribution in [1.29, 1.82) is 0 Å². The molecule has 0 bridgehead atoms. The number of carbonyl (C=O) groups excluding carboxylic acids is 1. The van der Waals surface area contributed by atoms with Crippen LogP contribution in [0.15, 0.2) is 12.7 Å². The molecule has 1 unspecified atom stereocenters. The Morgan fingerprint density at radius 3 is 2.35 bits per heavy atom. The van der Waals surface area contributed by atoms with Gasteiger partial charge in [-0.2, -0.15) is 0 Å². The van der Waals surface area contributed by atoms with Gasteiger partial charge >= 0.3 is 5.97 Å². The number of nitrogens with one attached hydrogen (secondary N) is 1. The van der Waals surface area contributed by atoms with Crippen LogP contribution in [0.2, 0.25) is 0 Å². The molecule has 0 aromatic heterocycles. The summed E-state index contributed by atoms with van der Waals surface area (Å²) in [5.74, 6) is -0.672. The van der Waals surface area contributed by atoms with Crippen molar-refractivity contribution in [2.45, 2.75) is 40.0 Å². The Morgan fingerprint density at radius 2 is 1.94 bits per heavy atom. The third-order valence-electron chi connectivity index (χ3n) is 2.91. The lowest BCUT2D eigenvalue weighted by Gasteiger charge is -2.30. The molecule has 0 aliphatic heterocycles. The van der Waals surface area contributed by atoms with E-state index in [1.807, 2.05) is 0 Å². The molecule has 4 heteroatoms. The van der Waals surface area contributed by atoms with E-state index in [0.29, 0.717) is 13.0 Å². The second-order valence-electron chi connectivity index (χ2n) is 5.28. The quantitative estimate of drug-likeness (QED) is 0.671. The van der Waals surface area contributed by atoms with Crippen molar-refractivity contribution in [1.82, 2.24) is 5.32 Å². The number of carboxylic acid groups (broad SMARTS) is 1. The Hall–Kier alpha value is -1.32. The first kappa shape index (κ1) is 15.7. The van der Waals surface area contributed by atoms with Crippen LogP contribution in [-0.4, -0.2) is 23.5 Å². The van der Waals surface area contributed by atoms with Crippen LogP contribution in [0.25, 0.3) is 0 Å². The van der Waals surface area contributed by atoms with E-state index in [0.717, 1.165) is 6.42 Å². The molecule has 0 heterocycles. The van der Waals surface area contributed by atoms with E-state index in [2.05, 4.69) is 32.7 Å². The predicted octanol–water partition coefficient (Wildman–Crippen LogP) is 2.21. The highest BCUT2D eigenvalue weighted by molar-refractivity contribution is 5.86. The lowest BCUT2D eigenvalue weighted by molar-refractivity contribution is -0.137. The van der Waals surface area contributed by atoms with Gasteiger partial charge in [0.05, 0.1) is 0 Å². The van der Waals surface area contributed by atoms with Gasteiger partial charge in [0.2, 0.25) is 5.91 Å². The summed E-state index contributed by atoms with van der Waals surface area (Å²) >= 11 is 0. The van der Waals surface area contributed by atoms with Crippen molar-refractivity contribution in [3.05, 3.63) is 12.7 Å². The summed E-state index contributed by atoms with van der Waals surface area (Å²) in [4.78, 5) is 21.6. The normalized spacial score (nSPS) is 12.9. The van der Waals surface area contributed by atoms with E-state index in [4.69, 9.17) is 5.11 Å². The first-order valence-corrected chi connectivity index (χ1v) is 5.89. The van der Waals surface area contributed by atoms with E-state index in [1.54, 1.807) is 0 Å². The summed E-state index contributed by atoms with van der Waals surface area (Å²) in [5.41, 5.74) is 0.0500. The molecule has 1 amide bonds. The van der Waals surface area contributed by atoms with Crippen LogP contribution < -0.4 is 5.32 Å². The number of aliphatic carboxylic acids is 1. The molecule has 0 rings (SSSR count). The highest BCUT2D eigenvalue weighted by Crippen LogP contribution is 2.32. The molecular weight excluding hydrogens is 218 g/mol. The van der Waals surface area contributed by atoms with Crippen molar-refractivity contribution in [3.63, 3.8) is 0 Å². The standard InChI is InChI=1S/C13H23NO3/c1-5-11(15)14-9-8-10(13(2,3)4)6-7-12(16)17/h5,10H,1,6-9H2,2-4H3,(H,14,15)(H,16,17). The van der Waals surface area contributed by atoms with Gasteiger partial charge < -0.3 is 10.4 Å². The zero-order valence-corrected chi connectivity index (χ0v) is 11.0. The Labute approximate surface area is 103 Å². The van der Waals surface area contributed by atoms with Crippen LogP contribution in [0.4, 0.5) is 0 Å². The summed E-state index contributed by atoms with van der Waals surface area (Å²) in [6.07, 6.45) is 2.85. The van der Waals surface area contributed by atoms with Gasteiger partial charge in [0, 0.05) is 13.0 Å². The minimum Gasteiger partial charge on any atom is -0.481 e. The summed E-state index contributed by atoms with van der Waals surface area (Å²) in [6, 6.07) is 0. The van der Waals surface area contributed by atoms with Crippen LogP contribution in [0, 0.1) is 11.3 Å². The average molecular weight is 241 g/mol. The summed E-state index contributed by atoms with van der Waals surface area (Å²) in [6.45, 7) is 10.2. The fraction of sp³-hybridized carbons (Fsp3) is 0.692. The zero-order valence-electron chi connectivity index (χ0n) is 11.0. The van der Waals surface area contributed by atoms with Gasteiger partial charge in [0.25, 0.3) is 0 Å². The molecule has 0 aliphatic carbocycles. The van der Waals surface area contributed by atoms with E-state index in [-0.39, 0.29) is 23.7 Å². The molecule has 0 saturated heterocycles. The number of carboxylic acids is 1. The first-order chi connectivity index (χ1) is 7.77. The largest absolute Gasteiger partial charge is 0.481 e. The fourth-order valence-corrected chi connectivity index (χ4v) is 1.75. The van der Waals surface area contributed by atoms with Gasteiger partial charge in [-0.25, -0.2) is 0 Å². The third-order valence-corrected chi connectivity index (χ3v) is 2.91. The topological polar surface area (TPSA) is 66.4 Å². The predicted molar refractivity (Wildman–Crippen MR) is 67.6 cm³/mol. The summed E-state index contributed by atoms with van der Waals surface area (Å²) in [7, 11) is 0. The van der Waals surface area contributed by atoms with Gasteiger partial charge in [-0.3, -0.25) is 9.59 Å². The molecule has 0 aromatic carbocycles. The lowest BCUT2D eigenvalue weighted by atomic mass is 9.76. The number of amides is 1.